The van der Waals surface area contributed by atoms with Crippen LogP contribution in [0.2, 0.25) is 0 Å². The minimum Gasteiger partial charge on any atom is -0.294 e. The van der Waals surface area contributed by atoms with Crippen molar-refractivity contribution >= 4 is 11.6 Å². The zero-order chi connectivity index (χ0) is 14.9. The monoisotopic (exact) mass is 312 g/mol. The van der Waals surface area contributed by atoms with Crippen LogP contribution in [-0.4, -0.2) is 11.6 Å². The number of carbonyl (C=O) groups excluding carboxylic acids is 2. The van der Waals surface area contributed by atoms with E-state index in [1.807, 2.05) is 13.8 Å². The molecule has 0 N–H and O–H groups in total. The molecule has 0 aliphatic rings. The molecule has 0 amide bonds. The summed E-state index contributed by atoms with van der Waals surface area (Å²) in [5.74, 6) is 0.171. The van der Waals surface area contributed by atoms with Gasteiger partial charge in [0.05, 0.1) is 0 Å². The topological polar surface area (TPSA) is 34.1 Å². The lowest BCUT2D eigenvalue weighted by atomic mass is 10.1. The molecule has 0 aromatic rings. The summed E-state index contributed by atoms with van der Waals surface area (Å²) < 4.78 is 0. The van der Waals surface area contributed by atoms with Crippen LogP contribution >= 0.6 is 0 Å². The summed E-state index contributed by atoms with van der Waals surface area (Å²) in [5, 5.41) is 0. The van der Waals surface area contributed by atoms with Crippen LogP contribution in [0.1, 0.15) is 70.2 Å². The van der Waals surface area contributed by atoms with E-state index in [4.69, 9.17) is 0 Å². The molecule has 0 aromatic heterocycles. The molecule has 0 bridgehead atoms. The van der Waals surface area contributed by atoms with Gasteiger partial charge in [0.15, 0.2) is 11.6 Å². The summed E-state index contributed by atoms with van der Waals surface area (Å²) in [6.45, 7) is 21.4. The first kappa shape index (κ1) is 37.0. The summed E-state index contributed by atoms with van der Waals surface area (Å²) in [5.41, 5.74) is 3.00. The maximum absolute atomic E-state index is 10.8. The molecule has 0 unspecified atom stereocenters. The molecule has 0 radical (unpaired) electrons. The smallest absolute Gasteiger partial charge is 0.161 e. The molecule has 2 nitrogen and oxygen atoms in total. The fourth-order valence-electron chi connectivity index (χ4n) is 0.850. The summed E-state index contributed by atoms with van der Waals surface area (Å²) in [6.07, 6.45) is 0.880. The van der Waals surface area contributed by atoms with Crippen LogP contribution in [0.15, 0.2) is 48.6 Å². The van der Waals surface area contributed by atoms with Gasteiger partial charge in [0.1, 0.15) is 0 Å². The van der Waals surface area contributed by atoms with Crippen molar-refractivity contribution in [1.29, 1.82) is 0 Å². The highest BCUT2D eigenvalue weighted by Crippen LogP contribution is 2.02. The Bertz CT molecular complexity index is 347. The maximum atomic E-state index is 10.8. The molecule has 0 spiro atoms. The second-order valence-electron chi connectivity index (χ2n) is 4.67. The van der Waals surface area contributed by atoms with Crippen LogP contribution in [0.25, 0.3) is 0 Å². The highest BCUT2D eigenvalue weighted by molar-refractivity contribution is 5.95. The van der Waals surface area contributed by atoms with E-state index in [2.05, 4.69) is 26.3 Å². The third-order valence-electron chi connectivity index (χ3n) is 1.88. The van der Waals surface area contributed by atoms with Crippen molar-refractivity contribution in [3.05, 3.63) is 48.6 Å². The predicted molar refractivity (Wildman–Crippen MR) is 105 cm³/mol. The Morgan fingerprint density at radius 3 is 0.818 bits per heavy atom. The highest BCUT2D eigenvalue weighted by atomic mass is 16.1. The average molecular weight is 313 g/mol. The molecule has 0 saturated heterocycles. The van der Waals surface area contributed by atoms with Gasteiger partial charge in [-0.1, -0.05) is 67.2 Å². The Kier molecular flexibility index (Phi) is 32.4. The number of ketones is 2. The van der Waals surface area contributed by atoms with Gasteiger partial charge in [-0.05, 0) is 38.8 Å². The van der Waals surface area contributed by atoms with Gasteiger partial charge < -0.3 is 0 Å². The largest absolute Gasteiger partial charge is 0.294 e. The highest BCUT2D eigenvalue weighted by Gasteiger charge is 2.00. The fourth-order valence-corrected chi connectivity index (χ4v) is 0.850. The summed E-state index contributed by atoms with van der Waals surface area (Å²) in [7, 11) is 0. The Balaban J connectivity index is -0.0000000492. The number of allylic oxidation sites excluding steroid dienone is 4. The zero-order valence-corrected chi connectivity index (χ0v) is 12.1. The lowest BCUT2D eigenvalue weighted by molar-refractivity contribution is -0.115. The first-order valence-electron chi connectivity index (χ1n) is 5.74. The number of rotatable bonds is 6. The lowest BCUT2D eigenvalue weighted by Gasteiger charge is -1.95. The molecule has 22 heavy (non-hydrogen) atoms. The first-order valence-corrected chi connectivity index (χ1v) is 5.74. The van der Waals surface area contributed by atoms with E-state index in [0.29, 0.717) is 24.0 Å². The van der Waals surface area contributed by atoms with E-state index in [0.717, 1.165) is 11.1 Å². The summed E-state index contributed by atoms with van der Waals surface area (Å²) in [4.78, 5) is 21.6. The Labute approximate surface area is 140 Å². The van der Waals surface area contributed by atoms with Crippen LogP contribution in [0, 0.1) is 0 Å². The molecule has 132 valence electrons. The fraction of sp³-hybridized carbons (Fsp3) is 0.500. The third kappa shape index (κ3) is 26.8. The second-order valence-corrected chi connectivity index (χ2v) is 4.67. The SMILES string of the molecule is C.C.C.C.C=C(C)CC(=O)C(=C)C.C=C(C)CC(=O)C(=C)C. The van der Waals surface area contributed by atoms with Gasteiger partial charge in [0.2, 0.25) is 0 Å². The number of hydrogen-bond acceptors (Lipinski definition) is 2. The van der Waals surface area contributed by atoms with E-state index < -0.39 is 0 Å². The minimum atomic E-state index is 0. The molecule has 0 saturated carbocycles. The van der Waals surface area contributed by atoms with Crippen LogP contribution in [-0.2, 0) is 9.59 Å². The van der Waals surface area contributed by atoms with Crippen LogP contribution in [0.5, 0.6) is 0 Å². The van der Waals surface area contributed by atoms with Crippen molar-refractivity contribution in [2.75, 3.05) is 0 Å². The van der Waals surface area contributed by atoms with Gasteiger partial charge in [-0.2, -0.15) is 0 Å². The quantitative estimate of drug-likeness (QED) is 0.402. The molecule has 0 aliphatic carbocycles. The number of Topliss-reactive ketones (excluding diaryl/α,β-unsaturated/α-hetero) is 2. The van der Waals surface area contributed by atoms with Crippen molar-refractivity contribution in [3.63, 3.8) is 0 Å². The number of carbonyl (C=O) groups is 2. The Hall–Kier alpha value is -1.70. The van der Waals surface area contributed by atoms with E-state index in [-0.39, 0.29) is 41.3 Å². The van der Waals surface area contributed by atoms with E-state index in [1.54, 1.807) is 13.8 Å². The normalized spacial score (nSPS) is 7.09. The Morgan fingerprint density at radius 1 is 0.591 bits per heavy atom. The van der Waals surface area contributed by atoms with Gasteiger partial charge in [0, 0.05) is 12.8 Å². The molecule has 0 fully saturated rings. The van der Waals surface area contributed by atoms with Gasteiger partial charge in [0.25, 0.3) is 0 Å². The lowest BCUT2D eigenvalue weighted by Crippen LogP contribution is -1.97. The molecule has 0 heterocycles. The standard InChI is InChI=1S/2C8H12O.4CH4/c2*1-6(2)5-8(9)7(3)4;;;;/h2*1,3,5H2,2,4H3;4*1H4. The van der Waals surface area contributed by atoms with Gasteiger partial charge in [-0.3, -0.25) is 9.59 Å². The van der Waals surface area contributed by atoms with E-state index >= 15 is 0 Å². The van der Waals surface area contributed by atoms with Gasteiger partial charge in [-0.25, -0.2) is 0 Å². The minimum absolute atomic E-state index is 0. The molecule has 0 atom stereocenters. The second kappa shape index (κ2) is 19.3. The Morgan fingerprint density at radius 2 is 0.773 bits per heavy atom. The van der Waals surface area contributed by atoms with Crippen molar-refractivity contribution in [3.8, 4) is 0 Å². The van der Waals surface area contributed by atoms with Crippen LogP contribution < -0.4 is 0 Å². The maximum Gasteiger partial charge on any atom is 0.161 e. The summed E-state index contributed by atoms with van der Waals surface area (Å²) >= 11 is 0. The first-order chi connectivity index (χ1) is 8.07. The van der Waals surface area contributed by atoms with Crippen LogP contribution in [0.3, 0.4) is 0 Å². The molecular formula is C20H40O2. The molecule has 0 rings (SSSR count). The van der Waals surface area contributed by atoms with Crippen molar-refractivity contribution in [1.82, 2.24) is 0 Å². The van der Waals surface area contributed by atoms with Crippen molar-refractivity contribution < 1.29 is 9.59 Å². The number of hydrogen-bond donors (Lipinski definition) is 0. The molecule has 2 heteroatoms. The average Bonchev–Trinajstić information content (AvgIpc) is 2.16. The third-order valence-corrected chi connectivity index (χ3v) is 1.88. The molecule has 0 aromatic carbocycles. The van der Waals surface area contributed by atoms with Gasteiger partial charge in [-0.15, -0.1) is 0 Å². The summed E-state index contributed by atoms with van der Waals surface area (Å²) in [6, 6.07) is 0. The van der Waals surface area contributed by atoms with Crippen molar-refractivity contribution in [2.45, 2.75) is 70.2 Å². The van der Waals surface area contributed by atoms with Crippen molar-refractivity contribution in [2.24, 2.45) is 0 Å². The van der Waals surface area contributed by atoms with Crippen LogP contribution in [0.4, 0.5) is 0 Å². The van der Waals surface area contributed by atoms with E-state index in [1.165, 1.54) is 0 Å². The predicted octanol–water partition coefficient (Wildman–Crippen LogP) is 6.74. The molecular weight excluding hydrogens is 272 g/mol. The molecule has 0 aliphatic heterocycles. The van der Waals surface area contributed by atoms with E-state index in [9.17, 15) is 9.59 Å². The van der Waals surface area contributed by atoms with Gasteiger partial charge >= 0.3 is 0 Å². The zero-order valence-electron chi connectivity index (χ0n) is 12.1.